The molecule has 2 heterocycles. The van der Waals surface area contributed by atoms with Crippen molar-refractivity contribution < 1.29 is 9.59 Å². The van der Waals surface area contributed by atoms with Crippen molar-refractivity contribution in [3.8, 4) is 0 Å². The zero-order chi connectivity index (χ0) is 15.7. The number of fused-ring (bicyclic) bond motifs is 1. The number of primary amides is 1. The number of carbonyl (C=O) groups is 2. The Balaban J connectivity index is 1.97. The quantitative estimate of drug-likeness (QED) is 0.889. The molecule has 2 N–H and O–H groups in total. The van der Waals surface area contributed by atoms with Gasteiger partial charge in [0.15, 0.2) is 0 Å². The van der Waals surface area contributed by atoms with Gasteiger partial charge in [-0.05, 0) is 33.1 Å². The molecule has 6 heteroatoms. The number of pyridine rings is 1. The summed E-state index contributed by atoms with van der Waals surface area (Å²) in [5, 5.41) is 0. The molecule has 1 aromatic carbocycles. The molecule has 1 aliphatic rings. The minimum absolute atomic E-state index is 0.243. The van der Waals surface area contributed by atoms with Gasteiger partial charge in [0.1, 0.15) is 6.04 Å². The van der Waals surface area contributed by atoms with Crippen molar-refractivity contribution in [1.29, 1.82) is 0 Å². The van der Waals surface area contributed by atoms with Gasteiger partial charge < -0.3 is 10.6 Å². The summed E-state index contributed by atoms with van der Waals surface area (Å²) in [4.78, 5) is 30.0. The third-order valence-corrected chi connectivity index (χ3v) is 4.22. The van der Waals surface area contributed by atoms with Gasteiger partial charge in [-0.1, -0.05) is 24.3 Å². The topological polar surface area (TPSA) is 76.3 Å². The number of rotatable bonds is 2. The van der Waals surface area contributed by atoms with E-state index in [1.54, 1.807) is 12.3 Å². The largest absolute Gasteiger partial charge is 0.368 e. The van der Waals surface area contributed by atoms with Crippen molar-refractivity contribution in [2.75, 3.05) is 0 Å². The Morgan fingerprint density at radius 1 is 1.23 bits per heavy atom. The van der Waals surface area contributed by atoms with Gasteiger partial charge in [-0.3, -0.25) is 14.6 Å². The molecule has 2 amide bonds. The van der Waals surface area contributed by atoms with Crippen LogP contribution >= 0.6 is 15.9 Å². The Labute approximate surface area is 136 Å². The lowest BCUT2D eigenvalue weighted by atomic mass is 9.93. The highest BCUT2D eigenvalue weighted by molar-refractivity contribution is 9.10. The maximum atomic E-state index is 12.7. The van der Waals surface area contributed by atoms with E-state index in [2.05, 4.69) is 20.9 Å². The van der Waals surface area contributed by atoms with Gasteiger partial charge in [-0.15, -0.1) is 0 Å². The number of aromatic nitrogens is 1. The molecule has 0 radical (unpaired) electrons. The van der Waals surface area contributed by atoms with Gasteiger partial charge in [0.25, 0.3) is 5.91 Å². The fraction of sp³-hybridized carbons (Fsp3) is 0.188. The number of carbonyl (C=O) groups excluding carboxylic acids is 2. The van der Waals surface area contributed by atoms with Crippen molar-refractivity contribution in [3.63, 3.8) is 0 Å². The zero-order valence-corrected chi connectivity index (χ0v) is 13.3. The summed E-state index contributed by atoms with van der Waals surface area (Å²) < 4.78 is 0.714. The van der Waals surface area contributed by atoms with E-state index in [4.69, 9.17) is 5.73 Å². The number of amides is 2. The van der Waals surface area contributed by atoms with Crippen LogP contribution in [0.15, 0.2) is 47.2 Å². The molecule has 0 saturated heterocycles. The fourth-order valence-corrected chi connectivity index (χ4v) is 3.05. The Morgan fingerprint density at radius 2 is 1.95 bits per heavy atom. The van der Waals surface area contributed by atoms with Gasteiger partial charge in [0, 0.05) is 29.8 Å². The highest BCUT2D eigenvalue weighted by Crippen LogP contribution is 2.25. The predicted octanol–water partition coefficient (Wildman–Crippen LogP) is 1.90. The average molecular weight is 360 g/mol. The van der Waals surface area contributed by atoms with Crippen LogP contribution in [0.5, 0.6) is 0 Å². The van der Waals surface area contributed by atoms with Gasteiger partial charge in [-0.2, -0.15) is 0 Å². The van der Waals surface area contributed by atoms with Crippen molar-refractivity contribution in [2.45, 2.75) is 19.0 Å². The van der Waals surface area contributed by atoms with Crippen LogP contribution < -0.4 is 5.73 Å². The van der Waals surface area contributed by atoms with E-state index in [0.717, 1.165) is 11.1 Å². The van der Waals surface area contributed by atoms with Crippen molar-refractivity contribution in [3.05, 3.63) is 63.9 Å². The lowest BCUT2D eigenvalue weighted by molar-refractivity contribution is -0.122. The molecule has 3 rings (SSSR count). The number of halogens is 1. The molecule has 5 nitrogen and oxygen atoms in total. The van der Waals surface area contributed by atoms with Crippen LogP contribution in [0, 0.1) is 0 Å². The lowest BCUT2D eigenvalue weighted by Gasteiger charge is -2.35. The molecule has 0 spiro atoms. The standard InChI is InChI=1S/C16H14BrN3O2/c17-13-5-12(7-19-8-13)16(22)20-9-11-4-2-1-3-10(11)6-14(20)15(18)21/h1-5,7-8,14H,6,9H2,(H2,18,21). The molecule has 1 unspecified atom stereocenters. The summed E-state index contributed by atoms with van der Waals surface area (Å²) in [6, 6.07) is 8.83. The van der Waals surface area contributed by atoms with Crippen LogP contribution in [-0.4, -0.2) is 27.7 Å². The minimum atomic E-state index is -0.638. The lowest BCUT2D eigenvalue weighted by Crippen LogP contribution is -2.51. The van der Waals surface area contributed by atoms with E-state index in [0.29, 0.717) is 23.0 Å². The second-order valence-corrected chi connectivity index (χ2v) is 6.13. The summed E-state index contributed by atoms with van der Waals surface area (Å²) in [5.41, 5.74) is 8.03. The molecule has 2 aromatic rings. The zero-order valence-electron chi connectivity index (χ0n) is 11.7. The minimum Gasteiger partial charge on any atom is -0.368 e. The molecule has 0 aliphatic carbocycles. The molecular formula is C16H14BrN3O2. The smallest absolute Gasteiger partial charge is 0.256 e. The van der Waals surface area contributed by atoms with E-state index in [9.17, 15) is 9.59 Å². The van der Waals surface area contributed by atoms with E-state index in [1.807, 2.05) is 24.3 Å². The maximum Gasteiger partial charge on any atom is 0.256 e. The third kappa shape index (κ3) is 2.74. The Kier molecular flexibility index (Phi) is 3.94. The Hall–Kier alpha value is -2.21. The number of hydrogen-bond donors (Lipinski definition) is 1. The van der Waals surface area contributed by atoms with Gasteiger partial charge in [0.2, 0.25) is 5.91 Å². The summed E-state index contributed by atoms with van der Waals surface area (Å²) in [7, 11) is 0. The fourth-order valence-electron chi connectivity index (χ4n) is 2.69. The number of nitrogens with zero attached hydrogens (tertiary/aromatic N) is 2. The van der Waals surface area contributed by atoms with Crippen molar-refractivity contribution in [1.82, 2.24) is 9.88 Å². The van der Waals surface area contributed by atoms with Crippen LogP contribution in [0.25, 0.3) is 0 Å². The summed E-state index contributed by atoms with van der Waals surface area (Å²) in [5.74, 6) is -0.738. The number of hydrogen-bond acceptors (Lipinski definition) is 3. The third-order valence-electron chi connectivity index (χ3n) is 3.79. The first-order chi connectivity index (χ1) is 10.6. The Morgan fingerprint density at radius 3 is 2.64 bits per heavy atom. The summed E-state index contributed by atoms with van der Waals surface area (Å²) in [6.07, 6.45) is 3.54. The normalized spacial score (nSPS) is 17.0. The average Bonchev–Trinajstić information content (AvgIpc) is 2.52. The monoisotopic (exact) mass is 359 g/mol. The Bertz CT molecular complexity index is 748. The van der Waals surface area contributed by atoms with E-state index >= 15 is 0 Å². The highest BCUT2D eigenvalue weighted by Gasteiger charge is 2.33. The molecule has 1 aromatic heterocycles. The second-order valence-electron chi connectivity index (χ2n) is 5.22. The summed E-state index contributed by atoms with van der Waals surface area (Å²) >= 11 is 3.30. The number of benzene rings is 1. The first-order valence-corrected chi connectivity index (χ1v) is 7.63. The molecule has 22 heavy (non-hydrogen) atoms. The molecule has 0 saturated carbocycles. The van der Waals surface area contributed by atoms with E-state index < -0.39 is 11.9 Å². The number of nitrogens with two attached hydrogens (primary N) is 1. The molecule has 0 fully saturated rings. The second kappa shape index (κ2) is 5.88. The molecule has 1 atom stereocenters. The van der Waals surface area contributed by atoms with Crippen molar-refractivity contribution >= 4 is 27.7 Å². The SMILES string of the molecule is NC(=O)C1Cc2ccccc2CN1C(=O)c1cncc(Br)c1. The first-order valence-electron chi connectivity index (χ1n) is 6.84. The van der Waals surface area contributed by atoms with E-state index in [1.165, 1.54) is 11.1 Å². The van der Waals surface area contributed by atoms with Gasteiger partial charge >= 0.3 is 0 Å². The van der Waals surface area contributed by atoms with Gasteiger partial charge in [0.05, 0.1) is 5.56 Å². The highest BCUT2D eigenvalue weighted by atomic mass is 79.9. The molecule has 112 valence electrons. The van der Waals surface area contributed by atoms with Crippen LogP contribution in [0.2, 0.25) is 0 Å². The van der Waals surface area contributed by atoms with Crippen molar-refractivity contribution in [2.24, 2.45) is 5.73 Å². The first kappa shape index (κ1) is 14.7. The van der Waals surface area contributed by atoms with Crippen LogP contribution in [0.4, 0.5) is 0 Å². The molecule has 0 bridgehead atoms. The van der Waals surface area contributed by atoms with Crippen LogP contribution in [-0.2, 0) is 17.8 Å². The van der Waals surface area contributed by atoms with E-state index in [-0.39, 0.29) is 5.91 Å². The summed E-state index contributed by atoms with van der Waals surface area (Å²) in [6.45, 7) is 0.370. The molecule has 1 aliphatic heterocycles. The van der Waals surface area contributed by atoms with Gasteiger partial charge in [-0.25, -0.2) is 0 Å². The molecular weight excluding hydrogens is 346 g/mol. The predicted molar refractivity (Wildman–Crippen MR) is 84.9 cm³/mol. The van der Waals surface area contributed by atoms with Crippen LogP contribution in [0.1, 0.15) is 21.5 Å². The van der Waals surface area contributed by atoms with Crippen LogP contribution in [0.3, 0.4) is 0 Å². The maximum absolute atomic E-state index is 12.7.